The quantitative estimate of drug-likeness (QED) is 0.694. The van der Waals surface area contributed by atoms with Gasteiger partial charge in [-0.3, -0.25) is 14.4 Å². The molecule has 182 valence electrons. The lowest BCUT2D eigenvalue weighted by Crippen LogP contribution is -2.41. The summed E-state index contributed by atoms with van der Waals surface area (Å²) in [6, 6.07) is 5.86. The van der Waals surface area contributed by atoms with Crippen LogP contribution in [0.4, 0.5) is 14.5 Å². The maximum Gasteiger partial charge on any atom is 0.256 e. The summed E-state index contributed by atoms with van der Waals surface area (Å²) in [5.41, 5.74) is 0.324. The van der Waals surface area contributed by atoms with Gasteiger partial charge in [-0.15, -0.1) is 0 Å². The van der Waals surface area contributed by atoms with Crippen LogP contribution in [0.2, 0.25) is 0 Å². The molecular formula is C24H27F2N3O5. The number of nitrogens with zero attached hydrogens (tertiary/aromatic N) is 2. The molecule has 0 bridgehead atoms. The van der Waals surface area contributed by atoms with E-state index in [1.807, 2.05) is 0 Å². The van der Waals surface area contributed by atoms with Crippen molar-refractivity contribution >= 4 is 23.4 Å². The van der Waals surface area contributed by atoms with E-state index in [1.165, 1.54) is 36.2 Å². The standard InChI is InChI=1S/C24H27F2N3O5/c1-28(2)23(31)17-12-20(33-3)21(34-4)13-19(17)27-22(30)14-7-9-29(10-8-14)24(32)16-6-5-15(25)11-18(16)26/h5-6,11-14H,7-10H2,1-4H3,(H,27,30). The van der Waals surface area contributed by atoms with E-state index < -0.39 is 23.5 Å². The van der Waals surface area contributed by atoms with Crippen LogP contribution in [-0.4, -0.2) is 68.9 Å². The third kappa shape index (κ3) is 5.27. The van der Waals surface area contributed by atoms with Gasteiger partial charge in [0.2, 0.25) is 5.91 Å². The van der Waals surface area contributed by atoms with Gasteiger partial charge in [0.25, 0.3) is 11.8 Å². The molecule has 1 saturated heterocycles. The fourth-order valence-corrected chi connectivity index (χ4v) is 3.81. The maximum atomic E-state index is 14.0. The van der Waals surface area contributed by atoms with Crippen LogP contribution >= 0.6 is 0 Å². The largest absolute Gasteiger partial charge is 0.493 e. The zero-order chi connectivity index (χ0) is 25.0. The summed E-state index contributed by atoms with van der Waals surface area (Å²) in [5, 5.41) is 2.81. The van der Waals surface area contributed by atoms with Crippen molar-refractivity contribution in [3.8, 4) is 11.5 Å². The number of carbonyl (C=O) groups excluding carboxylic acids is 3. The third-order valence-electron chi connectivity index (χ3n) is 5.73. The number of hydrogen-bond acceptors (Lipinski definition) is 5. The number of ether oxygens (including phenoxy) is 2. The maximum absolute atomic E-state index is 14.0. The Balaban J connectivity index is 1.72. The minimum Gasteiger partial charge on any atom is -0.493 e. The highest BCUT2D eigenvalue weighted by molar-refractivity contribution is 6.05. The van der Waals surface area contributed by atoms with Gasteiger partial charge in [0.1, 0.15) is 11.6 Å². The molecule has 0 aliphatic carbocycles. The van der Waals surface area contributed by atoms with Gasteiger partial charge >= 0.3 is 0 Å². The van der Waals surface area contributed by atoms with Crippen LogP contribution in [0.3, 0.4) is 0 Å². The number of halogens is 2. The molecule has 0 atom stereocenters. The molecule has 0 spiro atoms. The molecular weight excluding hydrogens is 448 g/mol. The lowest BCUT2D eigenvalue weighted by atomic mass is 9.95. The summed E-state index contributed by atoms with van der Waals surface area (Å²) in [7, 11) is 6.10. The number of methoxy groups -OCH3 is 2. The molecule has 0 aromatic heterocycles. The van der Waals surface area contributed by atoms with Gasteiger partial charge in [-0.05, 0) is 31.0 Å². The Labute approximate surface area is 196 Å². The first-order valence-corrected chi connectivity index (χ1v) is 10.7. The summed E-state index contributed by atoms with van der Waals surface area (Å²) >= 11 is 0. The smallest absolute Gasteiger partial charge is 0.256 e. The molecule has 0 radical (unpaired) electrons. The normalized spacial score (nSPS) is 13.9. The molecule has 2 aromatic rings. The molecule has 1 heterocycles. The van der Waals surface area contributed by atoms with Gasteiger partial charge in [0.05, 0.1) is 31.0 Å². The Morgan fingerprint density at radius 3 is 2.15 bits per heavy atom. The van der Waals surface area contributed by atoms with Crippen molar-refractivity contribution in [1.82, 2.24) is 9.80 Å². The zero-order valence-corrected chi connectivity index (χ0v) is 19.5. The topological polar surface area (TPSA) is 88.2 Å². The van der Waals surface area contributed by atoms with Crippen molar-refractivity contribution in [3.63, 3.8) is 0 Å². The van der Waals surface area contributed by atoms with E-state index in [0.29, 0.717) is 30.4 Å². The lowest BCUT2D eigenvalue weighted by Gasteiger charge is -2.31. The number of nitrogens with one attached hydrogen (secondary N) is 1. The van der Waals surface area contributed by atoms with E-state index in [2.05, 4.69) is 5.32 Å². The summed E-state index contributed by atoms with van der Waals surface area (Å²) in [5.74, 6) is -2.56. The highest BCUT2D eigenvalue weighted by atomic mass is 19.1. The van der Waals surface area contributed by atoms with Crippen LogP contribution in [0.1, 0.15) is 33.6 Å². The second-order valence-electron chi connectivity index (χ2n) is 8.13. The molecule has 1 aliphatic heterocycles. The first-order chi connectivity index (χ1) is 16.2. The van der Waals surface area contributed by atoms with Crippen LogP contribution in [0, 0.1) is 17.6 Å². The molecule has 34 heavy (non-hydrogen) atoms. The summed E-state index contributed by atoms with van der Waals surface area (Å²) in [6.45, 7) is 0.478. The average Bonchev–Trinajstić information content (AvgIpc) is 2.82. The molecule has 0 saturated carbocycles. The number of anilines is 1. The minimum absolute atomic E-state index is 0.207. The Morgan fingerprint density at radius 1 is 0.971 bits per heavy atom. The highest BCUT2D eigenvalue weighted by Crippen LogP contribution is 2.34. The van der Waals surface area contributed by atoms with Gasteiger partial charge in [-0.25, -0.2) is 8.78 Å². The Bertz CT molecular complexity index is 1100. The molecule has 3 rings (SSSR count). The van der Waals surface area contributed by atoms with E-state index in [4.69, 9.17) is 9.47 Å². The highest BCUT2D eigenvalue weighted by Gasteiger charge is 2.30. The Hall–Kier alpha value is -3.69. The summed E-state index contributed by atoms with van der Waals surface area (Å²) in [6.07, 6.45) is 0.704. The summed E-state index contributed by atoms with van der Waals surface area (Å²) in [4.78, 5) is 41.1. The molecule has 1 aliphatic rings. The van der Waals surface area contributed by atoms with Gasteiger partial charge in [0.15, 0.2) is 11.5 Å². The van der Waals surface area contributed by atoms with Crippen molar-refractivity contribution in [2.24, 2.45) is 5.92 Å². The van der Waals surface area contributed by atoms with Crippen molar-refractivity contribution < 1.29 is 32.6 Å². The SMILES string of the molecule is COc1cc(NC(=O)C2CCN(C(=O)c3ccc(F)cc3F)CC2)c(C(=O)N(C)C)cc1OC. The van der Waals surface area contributed by atoms with Crippen LogP contribution in [0.15, 0.2) is 30.3 Å². The number of carbonyl (C=O) groups is 3. The van der Waals surface area contributed by atoms with E-state index >= 15 is 0 Å². The minimum atomic E-state index is -0.920. The van der Waals surface area contributed by atoms with Crippen LogP contribution < -0.4 is 14.8 Å². The summed E-state index contributed by atoms with van der Waals surface area (Å²) < 4.78 is 37.7. The van der Waals surface area contributed by atoms with Crippen molar-refractivity contribution in [3.05, 3.63) is 53.1 Å². The number of benzene rings is 2. The predicted molar refractivity (Wildman–Crippen MR) is 121 cm³/mol. The number of amides is 3. The fraction of sp³-hybridized carbons (Fsp3) is 0.375. The first kappa shape index (κ1) is 24.9. The molecule has 1 N–H and O–H groups in total. The number of rotatable bonds is 6. The zero-order valence-electron chi connectivity index (χ0n) is 19.5. The van der Waals surface area contributed by atoms with E-state index in [9.17, 15) is 23.2 Å². The fourth-order valence-electron chi connectivity index (χ4n) is 3.81. The Kier molecular flexibility index (Phi) is 7.70. The van der Waals surface area contributed by atoms with Gasteiger partial charge in [-0.1, -0.05) is 0 Å². The van der Waals surface area contributed by atoms with Gasteiger partial charge < -0.3 is 24.6 Å². The second-order valence-corrected chi connectivity index (χ2v) is 8.13. The van der Waals surface area contributed by atoms with Crippen molar-refractivity contribution in [2.75, 3.05) is 46.7 Å². The number of likely N-dealkylation sites (tertiary alicyclic amines) is 1. The predicted octanol–water partition coefficient (Wildman–Crippen LogP) is 3.17. The number of hydrogen-bond donors (Lipinski definition) is 1. The van der Waals surface area contributed by atoms with Crippen molar-refractivity contribution in [1.29, 1.82) is 0 Å². The molecule has 3 amide bonds. The second kappa shape index (κ2) is 10.5. The van der Waals surface area contributed by atoms with Gasteiger partial charge in [0, 0.05) is 45.2 Å². The first-order valence-electron chi connectivity index (χ1n) is 10.7. The van der Waals surface area contributed by atoms with E-state index in [0.717, 1.165) is 12.1 Å². The molecule has 0 unspecified atom stereocenters. The third-order valence-corrected chi connectivity index (χ3v) is 5.73. The van der Waals surface area contributed by atoms with Crippen LogP contribution in [0.25, 0.3) is 0 Å². The molecule has 10 heteroatoms. The van der Waals surface area contributed by atoms with Gasteiger partial charge in [-0.2, -0.15) is 0 Å². The lowest BCUT2D eigenvalue weighted by molar-refractivity contribution is -0.121. The van der Waals surface area contributed by atoms with E-state index in [-0.39, 0.29) is 41.7 Å². The molecule has 1 fully saturated rings. The van der Waals surface area contributed by atoms with E-state index in [1.54, 1.807) is 14.1 Å². The van der Waals surface area contributed by atoms with Crippen LogP contribution in [-0.2, 0) is 4.79 Å². The molecule has 8 nitrogen and oxygen atoms in total. The Morgan fingerprint density at radius 2 is 1.59 bits per heavy atom. The number of piperidine rings is 1. The average molecular weight is 475 g/mol. The van der Waals surface area contributed by atoms with Crippen LogP contribution in [0.5, 0.6) is 11.5 Å². The van der Waals surface area contributed by atoms with Crippen molar-refractivity contribution in [2.45, 2.75) is 12.8 Å². The molecule has 2 aromatic carbocycles. The monoisotopic (exact) mass is 475 g/mol.